The highest BCUT2D eigenvalue weighted by atomic mass is 32.9. The predicted octanol–water partition coefficient (Wildman–Crippen LogP) is 2.70. The summed E-state index contributed by atoms with van der Waals surface area (Å²) in [5.74, 6) is 0. The van der Waals surface area contributed by atoms with Crippen molar-refractivity contribution >= 4 is 45.6 Å². The molecule has 14 heavy (non-hydrogen) atoms. The number of rotatable bonds is 1. The lowest BCUT2D eigenvalue weighted by Crippen LogP contribution is -2.01. The van der Waals surface area contributed by atoms with Crippen LogP contribution in [0.3, 0.4) is 0 Å². The third kappa shape index (κ3) is 1.86. The summed E-state index contributed by atoms with van der Waals surface area (Å²) in [6.45, 7) is 0. The molecule has 0 spiro atoms. The Kier molecular flexibility index (Phi) is 2.67. The Morgan fingerprint density at radius 1 is 1.07 bits per heavy atom. The van der Waals surface area contributed by atoms with Crippen LogP contribution in [0.15, 0.2) is 42.5 Å². The summed E-state index contributed by atoms with van der Waals surface area (Å²) in [7, 11) is 0. The monoisotopic (exact) mass is 240 g/mol. The van der Waals surface area contributed by atoms with Crippen molar-refractivity contribution in [1.82, 2.24) is 0 Å². The third-order valence-electron chi connectivity index (χ3n) is 2.08. The molecule has 0 radical (unpaired) electrons. The van der Waals surface area contributed by atoms with Crippen LogP contribution in [-0.4, -0.2) is 4.89 Å². The second-order valence-electron chi connectivity index (χ2n) is 3.04. The maximum Gasteiger partial charge on any atom is 0.143 e. The van der Waals surface area contributed by atoms with Crippen LogP contribution in [0.5, 0.6) is 0 Å². The molecular weight excluding hydrogens is 231 g/mol. The van der Waals surface area contributed by atoms with E-state index < -0.39 is 5.47 Å². The predicted molar refractivity (Wildman–Crippen MR) is 69.1 cm³/mol. The minimum absolute atomic E-state index is 0.772. The first kappa shape index (κ1) is 10.2. The van der Waals surface area contributed by atoms with E-state index >= 15 is 0 Å². The molecular formula is C10H9OPS2. The summed E-state index contributed by atoms with van der Waals surface area (Å²) in [5.41, 5.74) is -2.64. The van der Waals surface area contributed by atoms with Gasteiger partial charge in [-0.3, -0.25) is 0 Å². The normalized spacial score (nSPS) is 15.3. The smallest absolute Gasteiger partial charge is 0.143 e. The van der Waals surface area contributed by atoms with E-state index in [4.69, 9.17) is 11.8 Å². The molecule has 1 N–H and O–H groups in total. The first-order chi connectivity index (χ1) is 6.59. The number of hydrogen-bond acceptors (Lipinski definition) is 1. The largest absolute Gasteiger partial charge is 0.354 e. The van der Waals surface area contributed by atoms with E-state index in [9.17, 15) is 4.89 Å². The van der Waals surface area contributed by atoms with Crippen LogP contribution in [0.4, 0.5) is 0 Å². The second-order valence-corrected chi connectivity index (χ2v) is 8.75. The quantitative estimate of drug-likeness (QED) is 0.590. The Morgan fingerprint density at radius 3 is 2.43 bits per heavy atom. The van der Waals surface area contributed by atoms with Crippen molar-refractivity contribution in [3.63, 3.8) is 0 Å². The van der Waals surface area contributed by atoms with Crippen LogP contribution in [0.2, 0.25) is 0 Å². The maximum atomic E-state index is 9.78. The van der Waals surface area contributed by atoms with E-state index in [0.29, 0.717) is 0 Å². The molecule has 2 aromatic carbocycles. The Hall–Kier alpha value is -0.340. The molecule has 0 aliphatic heterocycles. The molecule has 0 amide bonds. The highest BCUT2D eigenvalue weighted by Crippen LogP contribution is 2.46. The van der Waals surface area contributed by atoms with Crippen molar-refractivity contribution in [3.8, 4) is 0 Å². The third-order valence-corrected chi connectivity index (χ3v) is 4.33. The molecule has 2 aromatic rings. The standard InChI is InChI=1S/C10H9OPS2/c11-12(13,14)10-7-3-5-8-4-1-2-6-9(8)10/h1-7H,(H2,11,13,14). The lowest BCUT2D eigenvalue weighted by atomic mass is 10.1. The average Bonchev–Trinajstić information content (AvgIpc) is 2.15. The summed E-state index contributed by atoms with van der Waals surface area (Å²) >= 11 is 9.11. The van der Waals surface area contributed by atoms with Crippen LogP contribution in [0.1, 0.15) is 0 Å². The summed E-state index contributed by atoms with van der Waals surface area (Å²) in [4.78, 5) is 9.78. The Morgan fingerprint density at radius 2 is 1.71 bits per heavy atom. The summed E-state index contributed by atoms with van der Waals surface area (Å²) in [6, 6.07) is 13.6. The number of hydrogen-bond donors (Lipinski definition) is 2. The molecule has 1 unspecified atom stereocenters. The summed E-state index contributed by atoms with van der Waals surface area (Å²) in [6.07, 6.45) is 0. The molecule has 0 fully saturated rings. The SMILES string of the molecule is OP(=S)(S)c1cccc2ccccc12. The first-order valence-electron chi connectivity index (χ1n) is 4.13. The van der Waals surface area contributed by atoms with Gasteiger partial charge in [0.1, 0.15) is 5.47 Å². The Labute approximate surface area is 93.0 Å². The first-order valence-corrected chi connectivity index (χ1v) is 8.04. The van der Waals surface area contributed by atoms with Gasteiger partial charge in [-0.25, -0.2) is 0 Å². The molecule has 2 rings (SSSR count). The zero-order valence-corrected chi connectivity index (χ0v) is 9.90. The molecule has 0 saturated carbocycles. The van der Waals surface area contributed by atoms with Gasteiger partial charge in [0.15, 0.2) is 0 Å². The van der Waals surface area contributed by atoms with Gasteiger partial charge in [-0.2, -0.15) is 0 Å². The van der Waals surface area contributed by atoms with Crippen LogP contribution in [0, 0.1) is 0 Å². The van der Waals surface area contributed by atoms with Crippen molar-refractivity contribution in [2.45, 2.75) is 0 Å². The highest BCUT2D eigenvalue weighted by Gasteiger charge is 2.12. The minimum atomic E-state index is -2.64. The maximum absolute atomic E-state index is 9.78. The fourth-order valence-corrected chi connectivity index (χ4v) is 3.26. The molecule has 0 saturated heterocycles. The lowest BCUT2D eigenvalue weighted by Gasteiger charge is -2.11. The minimum Gasteiger partial charge on any atom is -0.354 e. The molecule has 0 heterocycles. The van der Waals surface area contributed by atoms with Gasteiger partial charge in [0, 0.05) is 5.30 Å². The van der Waals surface area contributed by atoms with E-state index in [2.05, 4.69) is 12.2 Å². The van der Waals surface area contributed by atoms with Crippen LogP contribution >= 0.6 is 17.7 Å². The van der Waals surface area contributed by atoms with Gasteiger partial charge in [-0.05, 0) is 10.8 Å². The van der Waals surface area contributed by atoms with E-state index in [1.807, 2.05) is 42.5 Å². The van der Waals surface area contributed by atoms with Crippen LogP contribution in [-0.2, 0) is 11.8 Å². The van der Waals surface area contributed by atoms with Crippen molar-refractivity contribution in [3.05, 3.63) is 42.5 Å². The zero-order chi connectivity index (χ0) is 10.2. The van der Waals surface area contributed by atoms with Gasteiger partial charge in [0.2, 0.25) is 0 Å². The molecule has 0 aliphatic carbocycles. The molecule has 0 bridgehead atoms. The highest BCUT2D eigenvalue weighted by molar-refractivity contribution is 8.64. The fraction of sp³-hybridized carbons (Fsp3) is 0. The fourth-order valence-electron chi connectivity index (χ4n) is 1.46. The second kappa shape index (κ2) is 3.67. The van der Waals surface area contributed by atoms with Gasteiger partial charge < -0.3 is 4.89 Å². The Bertz CT molecular complexity index is 513. The number of thiol groups is 1. The van der Waals surface area contributed by atoms with Gasteiger partial charge in [-0.1, -0.05) is 54.3 Å². The number of fused-ring (bicyclic) bond motifs is 1. The van der Waals surface area contributed by atoms with Gasteiger partial charge in [0.05, 0.1) is 0 Å². The molecule has 0 aromatic heterocycles. The number of benzene rings is 2. The van der Waals surface area contributed by atoms with Crippen LogP contribution in [0.25, 0.3) is 10.8 Å². The van der Waals surface area contributed by atoms with Gasteiger partial charge >= 0.3 is 0 Å². The van der Waals surface area contributed by atoms with Gasteiger partial charge in [-0.15, -0.1) is 12.2 Å². The van der Waals surface area contributed by atoms with E-state index in [1.54, 1.807) is 0 Å². The molecule has 1 nitrogen and oxygen atoms in total. The lowest BCUT2D eigenvalue weighted by molar-refractivity contribution is 0.649. The van der Waals surface area contributed by atoms with E-state index in [-0.39, 0.29) is 0 Å². The summed E-state index contributed by atoms with van der Waals surface area (Å²) in [5, 5.41) is 2.85. The Balaban J connectivity index is 2.85. The molecule has 72 valence electrons. The van der Waals surface area contributed by atoms with Gasteiger partial charge in [0.25, 0.3) is 0 Å². The molecule has 4 heteroatoms. The van der Waals surface area contributed by atoms with Crippen molar-refractivity contribution in [2.75, 3.05) is 0 Å². The van der Waals surface area contributed by atoms with Crippen molar-refractivity contribution in [1.29, 1.82) is 0 Å². The summed E-state index contributed by atoms with van der Waals surface area (Å²) < 4.78 is 0. The van der Waals surface area contributed by atoms with E-state index in [0.717, 1.165) is 16.1 Å². The average molecular weight is 240 g/mol. The molecule has 1 atom stereocenters. The van der Waals surface area contributed by atoms with Crippen LogP contribution < -0.4 is 5.30 Å². The van der Waals surface area contributed by atoms with Crippen molar-refractivity contribution in [2.24, 2.45) is 0 Å². The zero-order valence-electron chi connectivity index (χ0n) is 7.29. The van der Waals surface area contributed by atoms with Crippen molar-refractivity contribution < 1.29 is 4.89 Å². The topological polar surface area (TPSA) is 20.2 Å². The van der Waals surface area contributed by atoms with E-state index in [1.165, 1.54) is 0 Å². The molecule has 0 aliphatic rings.